The number of anilines is 2. The largest absolute Gasteiger partial charge is 0.432 e. The fraction of sp³-hybridized carbons (Fsp3) is 0.194. The van der Waals surface area contributed by atoms with Gasteiger partial charge in [-0.2, -0.15) is 65.0 Å². The van der Waals surface area contributed by atoms with Gasteiger partial charge in [-0.1, -0.05) is 103 Å². The third-order valence-corrected chi connectivity index (χ3v) is 12.5. The molecule has 494 valence electrons. The van der Waals surface area contributed by atoms with Gasteiger partial charge in [0.25, 0.3) is 0 Å². The molecule has 93 heavy (non-hydrogen) atoms. The van der Waals surface area contributed by atoms with Crippen molar-refractivity contribution in [1.29, 1.82) is 0 Å². The van der Waals surface area contributed by atoms with Gasteiger partial charge in [0.15, 0.2) is 23.2 Å². The van der Waals surface area contributed by atoms with Crippen molar-refractivity contribution in [3.8, 4) is 17.1 Å². The van der Waals surface area contributed by atoms with Crippen LogP contribution in [0.2, 0.25) is 0 Å². The van der Waals surface area contributed by atoms with Crippen molar-refractivity contribution in [2.24, 2.45) is 10.9 Å². The summed E-state index contributed by atoms with van der Waals surface area (Å²) in [5.41, 5.74) is 9.21. The molecule has 0 spiro atoms. The van der Waals surface area contributed by atoms with Crippen molar-refractivity contribution >= 4 is 62.1 Å². The summed E-state index contributed by atoms with van der Waals surface area (Å²) < 4.78 is 178. The minimum atomic E-state index is -4.52. The van der Waals surface area contributed by atoms with Gasteiger partial charge in [-0.15, -0.1) is 0 Å². The zero-order valence-corrected chi connectivity index (χ0v) is 51.5. The summed E-state index contributed by atoms with van der Waals surface area (Å²) in [6, 6.07) is 49.7. The lowest BCUT2D eigenvalue weighted by atomic mass is 10.0. The molecule has 0 atom stereocenters. The molecule has 0 aliphatic heterocycles. The number of aromatic nitrogens is 8. The van der Waals surface area contributed by atoms with Gasteiger partial charge in [0.1, 0.15) is 34.5 Å². The Labute approximate surface area is 539 Å². The Morgan fingerprint density at radius 1 is 0.570 bits per heavy atom. The van der Waals surface area contributed by atoms with Gasteiger partial charge < -0.3 is 5.43 Å². The minimum Gasteiger partial charge on any atom is -0.307 e. The lowest BCUT2D eigenvalue weighted by Crippen LogP contribution is -2.07. The van der Waals surface area contributed by atoms with E-state index < -0.39 is 48.0 Å². The molecule has 7 N–H and O–H groups in total. The number of Topliss-reactive ketones (excluding diaryl/α,β-unsaturated/α-hetero) is 1. The Kier molecular flexibility index (Phi) is 28.8. The number of alkyl halides is 10. The Morgan fingerprint density at radius 3 is 1.40 bits per heavy atom. The zero-order valence-electron chi connectivity index (χ0n) is 49.3. The van der Waals surface area contributed by atoms with Crippen LogP contribution in [0.15, 0.2) is 193 Å². The van der Waals surface area contributed by atoms with Gasteiger partial charge in [-0.25, -0.2) is 23.7 Å². The number of H-pyrrole nitrogens is 3. The predicted molar refractivity (Wildman–Crippen MR) is 333 cm³/mol. The highest BCUT2D eigenvalue weighted by Gasteiger charge is 2.35. The smallest absolute Gasteiger partial charge is 0.307 e. The molecular weight excluding hydrogens is 1330 g/mol. The first-order chi connectivity index (χ1) is 44.5. The number of hydrazone groups is 1. The molecule has 0 saturated heterocycles. The minimum absolute atomic E-state index is 0.0339. The second kappa shape index (κ2) is 36.5. The average molecular weight is 1390 g/mol. The Hall–Kier alpha value is -8.75. The molecule has 10 aromatic rings. The van der Waals surface area contributed by atoms with Gasteiger partial charge in [0, 0.05) is 41.9 Å². The van der Waals surface area contributed by atoms with E-state index in [9.17, 15) is 66.4 Å². The van der Waals surface area contributed by atoms with Crippen LogP contribution in [0, 0.1) is 17.5 Å². The number of hydrogen-bond donors (Lipinski definition) is 6. The van der Waals surface area contributed by atoms with Crippen LogP contribution in [-0.4, -0.2) is 59.0 Å². The lowest BCUT2D eigenvalue weighted by Gasteiger charge is -2.08. The van der Waals surface area contributed by atoms with Crippen LogP contribution < -0.4 is 16.7 Å². The van der Waals surface area contributed by atoms with Crippen LogP contribution in [-0.2, 0) is 48.8 Å². The molecular formula is C62H57Cl3F13N12O2P. The maximum absolute atomic E-state index is 13.3. The Balaban J connectivity index is 0.000000228. The lowest BCUT2D eigenvalue weighted by molar-refractivity contribution is -0.142. The van der Waals surface area contributed by atoms with E-state index >= 15 is 0 Å². The maximum atomic E-state index is 13.3. The average Bonchev–Trinajstić information content (AvgIpc) is 1.68. The van der Waals surface area contributed by atoms with Gasteiger partial charge >= 0.3 is 23.7 Å². The third-order valence-electron chi connectivity index (χ3n) is 12.5. The normalized spacial score (nSPS) is 11.5. The first-order valence-corrected chi connectivity index (χ1v) is 31.7. The molecule has 31 heteroatoms. The fourth-order valence-electron chi connectivity index (χ4n) is 8.14. The van der Waals surface area contributed by atoms with Crippen LogP contribution in [0.3, 0.4) is 0 Å². The first-order valence-electron chi connectivity index (χ1n) is 28.0. The van der Waals surface area contributed by atoms with Crippen molar-refractivity contribution in [3.63, 3.8) is 0 Å². The van der Waals surface area contributed by atoms with E-state index in [2.05, 4.69) is 76.8 Å². The van der Waals surface area contributed by atoms with Crippen molar-refractivity contribution in [1.82, 2.24) is 40.4 Å². The van der Waals surface area contributed by atoms with Crippen molar-refractivity contribution in [2.75, 3.05) is 18.0 Å². The van der Waals surface area contributed by atoms with Crippen molar-refractivity contribution < 1.29 is 67.8 Å². The monoisotopic (exact) mass is 1390 g/mol. The number of nitrogens with two attached hydrogens (primary N) is 1. The number of carbonyl (C=O) groups excluding carboxylic acids is 1. The van der Waals surface area contributed by atoms with Crippen LogP contribution in [0.4, 0.5) is 68.7 Å². The molecule has 0 unspecified atom stereocenters. The highest BCUT2D eigenvalue weighted by atomic mass is 36.0. The highest BCUT2D eigenvalue weighted by molar-refractivity contribution is 8.24. The van der Waals surface area contributed by atoms with E-state index in [1.165, 1.54) is 52.2 Å². The first kappa shape index (κ1) is 73.3. The molecule has 6 aromatic carbocycles. The van der Waals surface area contributed by atoms with Crippen LogP contribution in [0.1, 0.15) is 82.3 Å². The molecule has 10 rings (SSSR count). The molecule has 0 aliphatic carbocycles. The third kappa shape index (κ3) is 27.2. The Morgan fingerprint density at radius 2 is 0.968 bits per heavy atom. The molecule has 4 aromatic heterocycles. The van der Waals surface area contributed by atoms with E-state index in [1.807, 2.05) is 94.5 Å². The number of hydrazine groups is 1. The standard InChI is InChI=1S/C21H16F4N4.C20H18F4N4.C16H15FO.C4H5F3N4.CH3F.Cl3OP/c22-17-10-8-15(9-11-17)20-16(7-6-14-4-2-1-3-5-14)13-29(28-20)19-12-18(26-27-19)21(23,24)25;21-16-11-9-15(10-12-16)17(8-4-7-14-5-2-1-3-6-14)25-27-19-13-18(26-28-19)20(22,23)24;17-15-11-9-14(10-12-15)16(18)8-4-7-13-5-2-1-3-6-13;5-4(6,7)2-1-3(9-8)11-10-2;1-2;1-5(2,3)4/h1-5,8-13H,6-7H2,(H,26,27);1-3,5-6,9-13H,4,7-8H2,(H2,26,27,28);1-3,5-6,9-12H,4,7-8H2;1H,8H2,(H2,9,10,11);1H3;/b;25-17-;;;;/i;;;;1D;. The number of halogens is 16. The molecule has 0 saturated carbocycles. The molecule has 4 heterocycles. The van der Waals surface area contributed by atoms with Gasteiger partial charge in [-0.05, 0) is 167 Å². The molecule has 0 aliphatic rings. The van der Waals surface area contributed by atoms with E-state index in [0.717, 1.165) is 61.4 Å². The maximum Gasteiger partial charge on any atom is 0.432 e. The topological polar surface area (TPSA) is 200 Å². The summed E-state index contributed by atoms with van der Waals surface area (Å²) in [4.78, 5) is 11.8. The number of benzene rings is 6. The predicted octanol–water partition coefficient (Wildman–Crippen LogP) is 18.8. The number of nitrogen functional groups attached to an aromatic ring is 1. The second-order valence-electron chi connectivity index (χ2n) is 19.2. The molecule has 14 nitrogen and oxygen atoms in total. The number of carbonyl (C=O) groups is 1. The number of nitrogens with one attached hydrogen (secondary N) is 5. The number of nitrogens with zero attached hydrogens (tertiary/aromatic N) is 6. The number of ketones is 1. The number of rotatable bonds is 18. The molecule has 0 radical (unpaired) electrons. The highest BCUT2D eigenvalue weighted by Crippen LogP contribution is 2.61. The Bertz CT molecular complexity index is 3900. The second-order valence-corrected chi connectivity index (χ2v) is 25.9. The summed E-state index contributed by atoms with van der Waals surface area (Å²) in [5.74, 6) is 3.77. The van der Waals surface area contributed by atoms with E-state index in [0.29, 0.717) is 47.4 Å². The molecule has 0 amide bonds. The van der Waals surface area contributed by atoms with E-state index in [4.69, 9.17) is 7.21 Å². The molecule has 0 bridgehead atoms. The van der Waals surface area contributed by atoms with Crippen LogP contribution in [0.25, 0.3) is 17.1 Å². The number of hydrogen-bond acceptors (Lipinski definition) is 10. The SMILES string of the molecule is Fc1ccc(-c2nn(-c3cc(C(F)(F)F)[nH]n3)cc2CCc2ccccc2)cc1.Fc1ccc(/C(CCCc2ccccc2)=N\Nc2cc(C(F)(F)F)[nH]n2)cc1.NNc1cc(C(F)(F)F)[nH]n1.O=C(CCCc1ccccc1)c1ccc(F)cc1.O=P(Cl)(Cl)Cl.[2H]CF. The van der Waals surface area contributed by atoms with Crippen LogP contribution >= 0.6 is 38.9 Å². The van der Waals surface area contributed by atoms with E-state index in [1.54, 1.807) is 47.7 Å². The summed E-state index contributed by atoms with van der Waals surface area (Å²) in [6.07, 6.45) is -6.04. The zero-order chi connectivity index (χ0) is 68.9. The fourth-order valence-corrected chi connectivity index (χ4v) is 8.14. The van der Waals surface area contributed by atoms with Gasteiger partial charge in [0.2, 0.25) is 0 Å². The number of aryl methyl sites for hydroxylation is 4. The molecule has 0 fully saturated rings. The van der Waals surface area contributed by atoms with Crippen molar-refractivity contribution in [2.45, 2.75) is 69.9 Å². The van der Waals surface area contributed by atoms with E-state index in [-0.39, 0.29) is 40.7 Å². The summed E-state index contributed by atoms with van der Waals surface area (Å²) in [7, 11) is -1.00. The summed E-state index contributed by atoms with van der Waals surface area (Å²) in [6.45, 7) is 0. The van der Waals surface area contributed by atoms with Gasteiger partial charge in [-0.3, -0.25) is 34.5 Å². The van der Waals surface area contributed by atoms with Gasteiger partial charge in [0.05, 0.1) is 19.9 Å². The number of aromatic amines is 3. The van der Waals surface area contributed by atoms with Crippen molar-refractivity contribution in [3.05, 3.63) is 256 Å². The summed E-state index contributed by atoms with van der Waals surface area (Å²) >= 11 is 13.8. The quantitative estimate of drug-likeness (QED) is 0.0121. The van der Waals surface area contributed by atoms with Crippen LogP contribution in [0.5, 0.6) is 0 Å². The summed E-state index contributed by atoms with van der Waals surface area (Å²) in [5, 5.41) is 21.6.